The molecule has 4 aliphatic heterocycles. The summed E-state index contributed by atoms with van der Waals surface area (Å²) in [6.07, 6.45) is -13.2. The highest BCUT2D eigenvalue weighted by molar-refractivity contribution is 7.46. The number of phosphoric acid groups is 1. The Morgan fingerprint density at radius 3 is 1.74 bits per heavy atom. The number of hydrogen-bond acceptors (Lipinski definition) is 22. The predicted octanol–water partition coefficient (Wildman–Crippen LogP) is 8.06. The summed E-state index contributed by atoms with van der Waals surface area (Å²) in [7, 11) is -2.00. The second kappa shape index (κ2) is 36.5. The number of phosphoric ester groups is 1. The van der Waals surface area contributed by atoms with Gasteiger partial charge in [0, 0.05) is 91.1 Å². The fourth-order valence-corrected chi connectivity index (χ4v) is 14.9. The first-order valence-corrected chi connectivity index (χ1v) is 37.8. The summed E-state index contributed by atoms with van der Waals surface area (Å²) in [5.74, 6) is -6.99. The largest absolute Gasteiger partial charge is 0.524 e. The minimum atomic E-state index is -5.64. The summed E-state index contributed by atoms with van der Waals surface area (Å²) >= 11 is 0. The van der Waals surface area contributed by atoms with Gasteiger partial charge in [-0.3, -0.25) is 48.9 Å². The standard InChI is InChI=1S/C75H89F10N12O18P/c1-40-22-45(28-58(98)93-32-46(65(102)109-8)25-47(33-93)66(103)110-9)60(56(23-40)115-116(106,107)108)71(2,3)29-59(99)114-57(37-95(92-64(101)62(90-70(105)112-11)73(6,7)75(83,84)85)36-51-52(76)26-44(27-53(51)77)54-20-21-96(91-54)67(78)79)55(88-63(100)61(89-69(104)111-10)72(4,5)74(80,81)82)24-42-15-12-41(13-16-42)14-17-43-30-86-68(87-31-43)94-34-48-18-19-49(35-94)97(48)50-38-113-39-50/h12-13,15-16,20-23,26-27,30-31,46-50,55,57,61-62,67H,18-19,24-25,28-29,32-39H2,1-11H3,(H,88,100)(H,89,104)(H,90,105)(H,92,101)(H2,106,107,108)/t46?,47?,48?,49?,55-,57-,61+,62+/m0/s1. The summed E-state index contributed by atoms with van der Waals surface area (Å²) in [6, 6.07) is 3.61. The highest BCUT2D eigenvalue weighted by atomic mass is 31.2. The van der Waals surface area contributed by atoms with Crippen molar-refractivity contribution in [2.24, 2.45) is 22.7 Å². The number of esters is 3. The van der Waals surface area contributed by atoms with Gasteiger partial charge < -0.3 is 58.7 Å². The van der Waals surface area contributed by atoms with Crippen LogP contribution >= 0.6 is 7.82 Å². The van der Waals surface area contributed by atoms with E-state index in [4.69, 9.17) is 23.5 Å². The van der Waals surface area contributed by atoms with Crippen LogP contribution < -0.4 is 30.8 Å². The average Bonchev–Trinajstić information content (AvgIpc) is 0.932. The van der Waals surface area contributed by atoms with Gasteiger partial charge in [-0.2, -0.15) is 40.2 Å². The fourth-order valence-electron chi connectivity index (χ4n) is 14.5. The highest BCUT2D eigenvalue weighted by Gasteiger charge is 2.58. The molecule has 0 saturated carbocycles. The van der Waals surface area contributed by atoms with E-state index < -0.39 is 193 Å². The number of halogens is 10. The molecule has 4 fully saturated rings. The van der Waals surface area contributed by atoms with Gasteiger partial charge in [-0.1, -0.05) is 43.9 Å². The number of piperazine rings is 1. The first kappa shape index (κ1) is 89.7. The third-order valence-electron chi connectivity index (χ3n) is 20.9. The SMILES string of the molecule is COC(=O)N[C@H](C(=O)N[C@@H](Cc1ccc(C#Cc2cnc(N3CC4CCC(C3)N4C3COC3)nc2)cc1)[C@H](CN(Cc1c(F)cc(-c2ccn(C(F)F)n2)cc1F)NC(=O)[C@@H](NC(=O)OC)C(C)(C)C(F)(F)F)OC(=O)CC(C)(C)c1c(CC(=O)N2CC(C(=O)OC)CC(C(=O)OC)C2)cc(C)cc1OP(=O)(O)O)C(C)(C)C(F)(F)F. The number of anilines is 1. The number of alkyl halides is 8. The van der Waals surface area contributed by atoms with Crippen LogP contribution in [0.5, 0.6) is 5.75 Å². The average molecular weight is 1670 g/mol. The number of rotatable bonds is 29. The topological polar surface area (TPSA) is 363 Å². The number of methoxy groups -OCH3 is 4. The molecule has 0 radical (unpaired) electrons. The molecule has 0 aliphatic carbocycles. The number of likely N-dealkylation sites (tertiary alicyclic amines) is 1. The number of aromatic nitrogens is 4. The molecule has 6 heterocycles. The van der Waals surface area contributed by atoms with Crippen LogP contribution in [-0.2, 0) is 86.6 Å². The lowest BCUT2D eigenvalue weighted by Crippen LogP contribution is -2.64. The molecule has 116 heavy (non-hydrogen) atoms. The minimum absolute atomic E-state index is 0.0749. The van der Waals surface area contributed by atoms with Crippen molar-refractivity contribution in [2.75, 3.05) is 79.3 Å². The number of carbonyl (C=O) groups is 8. The molecule has 632 valence electrons. The van der Waals surface area contributed by atoms with Crippen molar-refractivity contribution in [3.63, 3.8) is 0 Å². The third-order valence-corrected chi connectivity index (χ3v) is 21.4. The Labute approximate surface area is 659 Å². The molecule has 0 spiro atoms. The summed E-state index contributed by atoms with van der Waals surface area (Å²) in [6.45, 7) is 2.07. The van der Waals surface area contributed by atoms with E-state index in [9.17, 15) is 51.9 Å². The molecule has 30 nitrogen and oxygen atoms in total. The summed E-state index contributed by atoms with van der Waals surface area (Å²) in [5, 5.41) is 10.1. The van der Waals surface area contributed by atoms with Gasteiger partial charge in [0.2, 0.25) is 17.8 Å². The molecular formula is C75H89F10N12O18P. The van der Waals surface area contributed by atoms with Crippen molar-refractivity contribution in [3.05, 3.63) is 124 Å². The lowest BCUT2D eigenvalue weighted by atomic mass is 9.77. The number of piperidine rings is 1. The van der Waals surface area contributed by atoms with Gasteiger partial charge in [0.15, 0.2) is 0 Å². The number of hydrogen-bond donors (Lipinski definition) is 6. The van der Waals surface area contributed by atoms with Gasteiger partial charge >= 0.3 is 56.8 Å². The highest BCUT2D eigenvalue weighted by Crippen LogP contribution is 2.47. The Kier molecular flexibility index (Phi) is 28.3. The maximum absolute atomic E-state index is 17.0. The van der Waals surface area contributed by atoms with E-state index in [1.54, 1.807) is 5.32 Å². The Bertz CT molecular complexity index is 4490. The molecule has 4 aliphatic rings. The van der Waals surface area contributed by atoms with Crippen molar-refractivity contribution >= 4 is 61.6 Å². The van der Waals surface area contributed by atoms with Gasteiger partial charge in [-0.25, -0.2) is 42.6 Å². The number of amides is 5. The number of alkyl carbamates (subject to hydrolysis) is 2. The molecule has 3 aromatic carbocycles. The molecule has 2 bridgehead atoms. The molecule has 4 unspecified atom stereocenters. The zero-order valence-electron chi connectivity index (χ0n) is 64.8. The van der Waals surface area contributed by atoms with Crippen molar-refractivity contribution in [2.45, 2.75) is 160 Å². The lowest BCUT2D eigenvalue weighted by Gasteiger charge is -2.47. The zero-order chi connectivity index (χ0) is 85.5. The van der Waals surface area contributed by atoms with Crippen molar-refractivity contribution in [3.8, 4) is 28.8 Å². The Morgan fingerprint density at radius 1 is 0.707 bits per heavy atom. The molecule has 6 N–H and O–H groups in total. The van der Waals surface area contributed by atoms with Crippen LogP contribution in [0.2, 0.25) is 0 Å². The number of carbonyl (C=O) groups excluding carboxylic acids is 8. The monoisotopic (exact) mass is 1670 g/mol. The molecule has 5 aromatic rings. The maximum Gasteiger partial charge on any atom is 0.524 e. The second-order valence-electron chi connectivity index (χ2n) is 30.4. The van der Waals surface area contributed by atoms with E-state index in [0.29, 0.717) is 106 Å². The summed E-state index contributed by atoms with van der Waals surface area (Å²) in [4.78, 5) is 148. The molecule has 2 aromatic heterocycles. The second-order valence-corrected chi connectivity index (χ2v) is 31.6. The quantitative estimate of drug-likeness (QED) is 0.00658. The molecular weight excluding hydrogens is 1580 g/mol. The Hall–Kier alpha value is -10.2. The smallest absolute Gasteiger partial charge is 0.469 e. The number of aryl methyl sites for hydroxylation is 1. The summed E-state index contributed by atoms with van der Waals surface area (Å²) < 4.78 is 202. The number of ether oxygens (including phenoxy) is 6. The molecule has 5 amide bonds. The van der Waals surface area contributed by atoms with Crippen LogP contribution in [0.15, 0.2) is 73.2 Å². The van der Waals surface area contributed by atoms with E-state index in [0.717, 1.165) is 64.5 Å². The summed E-state index contributed by atoms with van der Waals surface area (Å²) in [5.41, 5.74) is -7.99. The van der Waals surface area contributed by atoms with E-state index in [-0.39, 0.29) is 46.4 Å². The first-order chi connectivity index (χ1) is 54.2. The van der Waals surface area contributed by atoms with Crippen LogP contribution in [0.4, 0.5) is 59.4 Å². The van der Waals surface area contributed by atoms with Crippen LogP contribution in [0.1, 0.15) is 113 Å². The fraction of sp³-hybridized carbons (Fsp3) is 0.533. The lowest BCUT2D eigenvalue weighted by molar-refractivity contribution is -0.221. The van der Waals surface area contributed by atoms with Gasteiger partial charge in [-0.15, -0.1) is 0 Å². The third kappa shape index (κ3) is 21.7. The molecule has 4 saturated heterocycles. The molecule has 41 heteroatoms. The minimum Gasteiger partial charge on any atom is -0.469 e. The Balaban J connectivity index is 1.18. The van der Waals surface area contributed by atoms with Crippen LogP contribution in [0.3, 0.4) is 0 Å². The zero-order valence-corrected chi connectivity index (χ0v) is 65.7. The van der Waals surface area contributed by atoms with Crippen LogP contribution in [-0.4, -0.2) is 221 Å². The van der Waals surface area contributed by atoms with Crippen molar-refractivity contribution < 1.29 is 130 Å². The Morgan fingerprint density at radius 2 is 1.25 bits per heavy atom. The van der Waals surface area contributed by atoms with E-state index in [1.807, 2.05) is 5.32 Å². The van der Waals surface area contributed by atoms with Gasteiger partial charge in [0.05, 0.1) is 107 Å². The van der Waals surface area contributed by atoms with Gasteiger partial charge in [0.1, 0.15) is 35.6 Å². The predicted molar refractivity (Wildman–Crippen MR) is 389 cm³/mol. The van der Waals surface area contributed by atoms with Gasteiger partial charge in [-0.05, 0) is 113 Å². The van der Waals surface area contributed by atoms with Crippen LogP contribution in [0, 0.1) is 53.1 Å². The first-order valence-electron chi connectivity index (χ1n) is 36.3. The van der Waals surface area contributed by atoms with Crippen molar-refractivity contribution in [1.29, 1.82) is 0 Å². The number of hydrazine groups is 1. The van der Waals surface area contributed by atoms with Crippen LogP contribution in [0.25, 0.3) is 11.3 Å². The number of nitrogens with zero attached hydrogens (tertiary/aromatic N) is 8. The maximum atomic E-state index is 17.0. The molecule has 8 atom stereocenters. The number of fused-ring (bicyclic) bond motifs is 2. The number of nitrogens with one attached hydrogen (secondary N) is 4. The normalized spacial score (nSPS) is 18.6. The van der Waals surface area contributed by atoms with Gasteiger partial charge in [0.25, 0.3) is 5.91 Å². The van der Waals surface area contributed by atoms with E-state index in [2.05, 4.69) is 56.9 Å². The van der Waals surface area contributed by atoms with Crippen molar-refractivity contribution in [1.82, 2.24) is 55.9 Å². The van der Waals surface area contributed by atoms with E-state index in [1.165, 1.54) is 63.5 Å². The molecule has 9 rings (SSSR count). The van der Waals surface area contributed by atoms with E-state index >= 15 is 44.7 Å². The number of benzene rings is 3.